The fourth-order valence-corrected chi connectivity index (χ4v) is 5.59. The van der Waals surface area contributed by atoms with Crippen LogP contribution in [0.5, 0.6) is 5.75 Å². The monoisotopic (exact) mass is 396 g/mol. The van der Waals surface area contributed by atoms with Crippen molar-refractivity contribution in [3.05, 3.63) is 42.0 Å². The van der Waals surface area contributed by atoms with E-state index >= 15 is 0 Å². The first-order valence-corrected chi connectivity index (χ1v) is 10.7. The lowest BCUT2D eigenvalue weighted by Gasteiger charge is -2.27. The Morgan fingerprint density at radius 1 is 1.28 bits per heavy atom. The van der Waals surface area contributed by atoms with E-state index in [1.807, 2.05) is 41.3 Å². The number of rotatable bonds is 6. The molecule has 3 heterocycles. The number of nitrogens with one attached hydrogen (secondary N) is 1. The van der Waals surface area contributed by atoms with Gasteiger partial charge in [0.05, 0.1) is 31.6 Å². The molecule has 1 aliphatic carbocycles. The summed E-state index contributed by atoms with van der Waals surface area (Å²) >= 11 is 0. The number of hydrogen-bond acceptors (Lipinski definition) is 4. The van der Waals surface area contributed by atoms with E-state index in [0.29, 0.717) is 19.1 Å². The van der Waals surface area contributed by atoms with Gasteiger partial charge in [-0.05, 0) is 37.0 Å². The van der Waals surface area contributed by atoms with Gasteiger partial charge in [0.25, 0.3) is 0 Å². The van der Waals surface area contributed by atoms with Crippen LogP contribution in [0, 0.1) is 11.8 Å². The highest BCUT2D eigenvalue weighted by Gasteiger charge is 2.67. The fraction of sp³-hybridized carbons (Fsp3) is 0.565. The van der Waals surface area contributed by atoms with Crippen LogP contribution in [0.25, 0.3) is 0 Å². The molecule has 0 unspecified atom stereocenters. The molecule has 2 amide bonds. The molecule has 0 aromatic heterocycles. The molecule has 1 N–H and O–H groups in total. The minimum atomic E-state index is -0.595. The minimum Gasteiger partial charge on any atom is -0.497 e. The zero-order valence-corrected chi connectivity index (χ0v) is 16.8. The molecule has 154 valence electrons. The SMILES string of the molecule is COc1ccc(CCNC(=O)[C@H]2[C@H]3C=C[C@]4(CN(C5CCCC5)C(=O)[C@@H]24)O3)cc1. The van der Waals surface area contributed by atoms with Gasteiger partial charge in [0.1, 0.15) is 11.4 Å². The molecule has 1 spiro atoms. The highest BCUT2D eigenvalue weighted by Crippen LogP contribution is 2.52. The number of carbonyl (C=O) groups excluding carboxylic acids is 2. The molecule has 5 rings (SSSR count). The number of ether oxygens (including phenoxy) is 2. The normalized spacial score (nSPS) is 32.8. The average Bonchev–Trinajstić information content (AvgIpc) is 3.50. The Morgan fingerprint density at radius 2 is 2.03 bits per heavy atom. The molecule has 0 radical (unpaired) electrons. The molecule has 1 aromatic carbocycles. The van der Waals surface area contributed by atoms with E-state index in [1.165, 1.54) is 12.8 Å². The van der Waals surface area contributed by atoms with E-state index in [1.54, 1.807) is 7.11 Å². The standard InChI is InChI=1S/C23H28N2O4/c1-28-17-8-6-15(7-9-17)11-13-24-21(26)19-18-10-12-23(29-18)14-25(22(27)20(19)23)16-4-2-3-5-16/h6-10,12,16,18-20H,2-5,11,13-14H2,1H3,(H,24,26)/t18-,19+,20-,23-/m1/s1. The maximum atomic E-state index is 13.2. The van der Waals surface area contributed by atoms with Crippen molar-refractivity contribution in [1.82, 2.24) is 10.2 Å². The molecule has 1 aromatic rings. The predicted octanol–water partition coefficient (Wildman–Crippen LogP) is 2.08. The Hall–Kier alpha value is -2.34. The van der Waals surface area contributed by atoms with Gasteiger partial charge in [-0.1, -0.05) is 37.1 Å². The van der Waals surface area contributed by atoms with E-state index in [-0.39, 0.29) is 23.8 Å². The van der Waals surface area contributed by atoms with Gasteiger partial charge in [0, 0.05) is 12.6 Å². The third-order valence-electron chi connectivity index (χ3n) is 7.07. The van der Waals surface area contributed by atoms with Crippen molar-refractivity contribution in [1.29, 1.82) is 0 Å². The molecule has 6 heteroatoms. The largest absolute Gasteiger partial charge is 0.497 e. The molecule has 1 saturated carbocycles. The van der Waals surface area contributed by atoms with Crippen molar-refractivity contribution in [2.75, 3.05) is 20.2 Å². The smallest absolute Gasteiger partial charge is 0.230 e. The van der Waals surface area contributed by atoms with Gasteiger partial charge in [-0.15, -0.1) is 0 Å². The number of likely N-dealkylation sites (tertiary alicyclic amines) is 1. The van der Waals surface area contributed by atoms with Gasteiger partial charge < -0.3 is 19.7 Å². The molecule has 2 saturated heterocycles. The van der Waals surface area contributed by atoms with Crippen LogP contribution in [0.3, 0.4) is 0 Å². The Bertz CT molecular complexity index is 830. The molecule has 3 fully saturated rings. The lowest BCUT2D eigenvalue weighted by molar-refractivity contribution is -0.138. The summed E-state index contributed by atoms with van der Waals surface area (Å²) in [5, 5.41) is 3.05. The van der Waals surface area contributed by atoms with E-state index in [2.05, 4.69) is 5.32 Å². The van der Waals surface area contributed by atoms with Gasteiger partial charge >= 0.3 is 0 Å². The van der Waals surface area contributed by atoms with E-state index in [4.69, 9.17) is 9.47 Å². The van der Waals surface area contributed by atoms with Gasteiger partial charge in [-0.25, -0.2) is 0 Å². The Kier molecular flexibility index (Phi) is 4.62. The molecule has 29 heavy (non-hydrogen) atoms. The molecule has 6 nitrogen and oxygen atoms in total. The summed E-state index contributed by atoms with van der Waals surface area (Å²) < 4.78 is 11.4. The van der Waals surface area contributed by atoms with Crippen molar-refractivity contribution in [2.24, 2.45) is 11.8 Å². The van der Waals surface area contributed by atoms with Crippen molar-refractivity contribution < 1.29 is 19.1 Å². The summed E-state index contributed by atoms with van der Waals surface area (Å²) in [6, 6.07) is 8.17. The highest BCUT2D eigenvalue weighted by molar-refractivity contribution is 5.93. The second-order valence-corrected chi connectivity index (χ2v) is 8.69. The van der Waals surface area contributed by atoms with E-state index in [9.17, 15) is 9.59 Å². The number of nitrogens with zero attached hydrogens (tertiary/aromatic N) is 1. The second kappa shape index (κ2) is 7.17. The third kappa shape index (κ3) is 3.05. The summed E-state index contributed by atoms with van der Waals surface area (Å²) in [5.74, 6) is 0.0647. The van der Waals surface area contributed by atoms with Gasteiger partial charge in [-0.3, -0.25) is 9.59 Å². The third-order valence-corrected chi connectivity index (χ3v) is 7.07. The van der Waals surface area contributed by atoms with Crippen molar-refractivity contribution in [3.8, 4) is 5.75 Å². The zero-order chi connectivity index (χ0) is 20.0. The Morgan fingerprint density at radius 3 is 2.76 bits per heavy atom. The first-order chi connectivity index (χ1) is 14.1. The van der Waals surface area contributed by atoms with Crippen LogP contribution in [0.4, 0.5) is 0 Å². The molecule has 3 aliphatic heterocycles. The van der Waals surface area contributed by atoms with Crippen LogP contribution < -0.4 is 10.1 Å². The van der Waals surface area contributed by atoms with Gasteiger partial charge in [0.15, 0.2) is 0 Å². The average molecular weight is 396 g/mol. The van der Waals surface area contributed by atoms with Crippen molar-refractivity contribution in [3.63, 3.8) is 0 Å². The summed E-state index contributed by atoms with van der Waals surface area (Å²) in [4.78, 5) is 28.3. The number of hydrogen-bond donors (Lipinski definition) is 1. The highest BCUT2D eigenvalue weighted by atomic mass is 16.5. The van der Waals surface area contributed by atoms with Crippen molar-refractivity contribution >= 4 is 11.8 Å². The predicted molar refractivity (Wildman–Crippen MR) is 107 cm³/mol. The van der Waals surface area contributed by atoms with Crippen LogP contribution in [0.15, 0.2) is 36.4 Å². The van der Waals surface area contributed by atoms with Gasteiger partial charge in [-0.2, -0.15) is 0 Å². The zero-order valence-electron chi connectivity index (χ0n) is 16.8. The first kappa shape index (κ1) is 18.7. The van der Waals surface area contributed by atoms with E-state index < -0.39 is 11.5 Å². The summed E-state index contributed by atoms with van der Waals surface area (Å²) in [7, 11) is 1.64. The Labute approximate surface area is 171 Å². The molecule has 2 bridgehead atoms. The quantitative estimate of drug-likeness (QED) is 0.748. The number of methoxy groups -OCH3 is 1. The molecular formula is C23H28N2O4. The van der Waals surface area contributed by atoms with Crippen molar-refractivity contribution in [2.45, 2.75) is 49.9 Å². The summed E-state index contributed by atoms with van der Waals surface area (Å²) in [6.45, 7) is 1.14. The van der Waals surface area contributed by atoms with Crippen LogP contribution in [-0.4, -0.2) is 54.7 Å². The van der Waals surface area contributed by atoms with Gasteiger partial charge in [0.2, 0.25) is 11.8 Å². The summed E-state index contributed by atoms with van der Waals surface area (Å²) in [6.07, 6.45) is 8.98. The van der Waals surface area contributed by atoms with Crippen LogP contribution in [0.1, 0.15) is 31.2 Å². The fourth-order valence-electron chi connectivity index (χ4n) is 5.59. The Balaban J connectivity index is 1.24. The minimum absolute atomic E-state index is 0.0682. The number of fused-ring (bicyclic) bond motifs is 1. The maximum Gasteiger partial charge on any atom is 0.230 e. The number of benzene rings is 1. The number of carbonyl (C=O) groups is 2. The maximum absolute atomic E-state index is 13.2. The van der Waals surface area contributed by atoms with Crippen LogP contribution in [-0.2, 0) is 20.7 Å². The first-order valence-electron chi connectivity index (χ1n) is 10.7. The lowest BCUT2D eigenvalue weighted by atomic mass is 9.77. The number of amides is 2. The van der Waals surface area contributed by atoms with Crippen LogP contribution >= 0.6 is 0 Å². The molecular weight excluding hydrogens is 368 g/mol. The molecule has 4 atom stereocenters. The topological polar surface area (TPSA) is 67.9 Å². The lowest BCUT2D eigenvalue weighted by Crippen LogP contribution is -2.45. The van der Waals surface area contributed by atoms with Crippen LogP contribution in [0.2, 0.25) is 0 Å². The second-order valence-electron chi connectivity index (χ2n) is 8.69. The molecule has 4 aliphatic rings. The van der Waals surface area contributed by atoms with E-state index in [0.717, 1.165) is 30.6 Å². The summed E-state index contributed by atoms with van der Waals surface area (Å²) in [5.41, 5.74) is 0.540.